The molecule has 11 aromatic rings. The average Bonchev–Trinajstić information content (AvgIpc) is 3.80. The fraction of sp³-hybridized carbons (Fsp3) is 0. The molecule has 0 aliphatic heterocycles. The molecule has 0 aliphatic carbocycles. The van der Waals surface area contributed by atoms with E-state index in [4.69, 9.17) is 15.0 Å². The lowest BCUT2D eigenvalue weighted by atomic mass is 9.98. The Hall–Kier alpha value is -7.63. The van der Waals surface area contributed by atoms with Gasteiger partial charge in [-0.2, -0.15) is 0 Å². The Morgan fingerprint density at radius 2 is 0.714 bits per heavy atom. The van der Waals surface area contributed by atoms with Gasteiger partial charge in [0, 0.05) is 49.6 Å². The first-order valence-electron chi connectivity index (χ1n) is 18.9. The predicted octanol–water partition coefficient (Wildman–Crippen LogP) is 12.7. The summed E-state index contributed by atoms with van der Waals surface area (Å²) in [6.45, 7) is 0. The Balaban J connectivity index is 1.12. The van der Waals surface area contributed by atoms with Gasteiger partial charge in [-0.1, -0.05) is 152 Å². The van der Waals surface area contributed by atoms with Crippen molar-refractivity contribution in [3.05, 3.63) is 200 Å². The molecule has 11 rings (SSSR count). The summed E-state index contributed by atoms with van der Waals surface area (Å²) in [5, 5.41) is 4.98. The minimum atomic E-state index is 0.632. The molecule has 5 heteroatoms. The van der Waals surface area contributed by atoms with Crippen molar-refractivity contribution < 1.29 is 0 Å². The van der Waals surface area contributed by atoms with Gasteiger partial charge in [-0.3, -0.25) is 0 Å². The number of hydrogen-bond donors (Lipinski definition) is 0. The van der Waals surface area contributed by atoms with Crippen LogP contribution in [0.15, 0.2) is 200 Å². The third-order valence-electron chi connectivity index (χ3n) is 10.8. The summed E-state index contributed by atoms with van der Waals surface area (Å²) in [6.07, 6.45) is 0. The van der Waals surface area contributed by atoms with Gasteiger partial charge in [0.15, 0.2) is 17.5 Å². The number of nitrogens with zero attached hydrogens (tertiary/aromatic N) is 5. The quantitative estimate of drug-likeness (QED) is 0.172. The SMILES string of the molecule is c1ccc(-c2nc(-c3ccccc3)nc(-c3ccccc3-c3cccc(-n4c5ccccc5c5c6c7ccccc7n(-c7ccccc7)c6ccc54)c3)n2)cc1. The van der Waals surface area contributed by atoms with Gasteiger partial charge in [-0.15, -0.1) is 0 Å². The van der Waals surface area contributed by atoms with Crippen LogP contribution in [-0.4, -0.2) is 24.1 Å². The first-order chi connectivity index (χ1) is 27.8. The molecule has 262 valence electrons. The molecule has 0 saturated carbocycles. The van der Waals surface area contributed by atoms with Crippen LogP contribution in [0.25, 0.3) is 100 Å². The molecule has 0 fully saturated rings. The van der Waals surface area contributed by atoms with Crippen LogP contribution in [0, 0.1) is 0 Å². The molecule has 0 N–H and O–H groups in total. The van der Waals surface area contributed by atoms with Crippen LogP contribution in [0.4, 0.5) is 0 Å². The maximum atomic E-state index is 5.09. The van der Waals surface area contributed by atoms with E-state index in [1.807, 2.05) is 60.7 Å². The van der Waals surface area contributed by atoms with Crippen molar-refractivity contribution >= 4 is 43.6 Å². The smallest absolute Gasteiger partial charge is 0.164 e. The van der Waals surface area contributed by atoms with Crippen LogP contribution in [0.5, 0.6) is 0 Å². The van der Waals surface area contributed by atoms with Gasteiger partial charge in [0.25, 0.3) is 0 Å². The second-order valence-corrected chi connectivity index (χ2v) is 14.0. The molecule has 0 saturated heterocycles. The molecule has 3 heterocycles. The average molecular weight is 716 g/mol. The van der Waals surface area contributed by atoms with E-state index in [0.717, 1.165) is 50.2 Å². The van der Waals surface area contributed by atoms with Gasteiger partial charge >= 0.3 is 0 Å². The van der Waals surface area contributed by atoms with Gasteiger partial charge in [-0.25, -0.2) is 15.0 Å². The highest BCUT2D eigenvalue weighted by Gasteiger charge is 2.21. The molecule has 3 aromatic heterocycles. The first-order valence-corrected chi connectivity index (χ1v) is 18.9. The fourth-order valence-corrected chi connectivity index (χ4v) is 8.32. The molecular weight excluding hydrogens is 683 g/mol. The van der Waals surface area contributed by atoms with E-state index < -0.39 is 0 Å². The zero-order valence-corrected chi connectivity index (χ0v) is 30.3. The Morgan fingerprint density at radius 3 is 1.30 bits per heavy atom. The minimum Gasteiger partial charge on any atom is -0.309 e. The largest absolute Gasteiger partial charge is 0.309 e. The monoisotopic (exact) mass is 715 g/mol. The van der Waals surface area contributed by atoms with Crippen molar-refractivity contribution in [2.45, 2.75) is 0 Å². The van der Waals surface area contributed by atoms with Crippen molar-refractivity contribution in [3.63, 3.8) is 0 Å². The van der Waals surface area contributed by atoms with Crippen molar-refractivity contribution in [2.75, 3.05) is 0 Å². The van der Waals surface area contributed by atoms with Gasteiger partial charge in [0.1, 0.15) is 0 Å². The molecule has 0 radical (unpaired) electrons. The summed E-state index contributed by atoms with van der Waals surface area (Å²) in [5.41, 5.74) is 11.9. The van der Waals surface area contributed by atoms with E-state index in [1.54, 1.807) is 0 Å². The number of hydrogen-bond acceptors (Lipinski definition) is 3. The lowest BCUT2D eigenvalue weighted by Crippen LogP contribution is -2.01. The molecule has 0 atom stereocenters. The van der Waals surface area contributed by atoms with E-state index in [9.17, 15) is 0 Å². The second-order valence-electron chi connectivity index (χ2n) is 14.0. The van der Waals surface area contributed by atoms with Crippen LogP contribution in [0.1, 0.15) is 0 Å². The number of aromatic nitrogens is 5. The topological polar surface area (TPSA) is 48.5 Å². The second kappa shape index (κ2) is 13.0. The fourth-order valence-electron chi connectivity index (χ4n) is 8.32. The third kappa shape index (κ3) is 5.13. The molecule has 0 spiro atoms. The highest BCUT2D eigenvalue weighted by molar-refractivity contribution is 6.28. The summed E-state index contributed by atoms with van der Waals surface area (Å²) >= 11 is 0. The highest BCUT2D eigenvalue weighted by atomic mass is 15.0. The number of fused-ring (bicyclic) bond motifs is 7. The number of benzene rings is 8. The lowest BCUT2D eigenvalue weighted by Gasteiger charge is -2.14. The zero-order valence-electron chi connectivity index (χ0n) is 30.3. The van der Waals surface area contributed by atoms with Crippen molar-refractivity contribution in [2.24, 2.45) is 0 Å². The number of rotatable bonds is 6. The van der Waals surface area contributed by atoms with E-state index >= 15 is 0 Å². The summed E-state index contributed by atoms with van der Waals surface area (Å²) in [4.78, 5) is 15.1. The third-order valence-corrected chi connectivity index (χ3v) is 10.8. The van der Waals surface area contributed by atoms with Crippen LogP contribution >= 0.6 is 0 Å². The van der Waals surface area contributed by atoms with Crippen molar-refractivity contribution in [1.29, 1.82) is 0 Å². The van der Waals surface area contributed by atoms with E-state index in [-0.39, 0.29) is 0 Å². The highest BCUT2D eigenvalue weighted by Crippen LogP contribution is 2.43. The molecule has 0 bridgehead atoms. The Bertz CT molecular complexity index is 3180. The van der Waals surface area contributed by atoms with Crippen molar-refractivity contribution in [1.82, 2.24) is 24.1 Å². The predicted molar refractivity (Wildman–Crippen MR) is 230 cm³/mol. The molecule has 0 unspecified atom stereocenters. The Labute approximate surface area is 323 Å². The number of para-hydroxylation sites is 3. The van der Waals surface area contributed by atoms with Crippen LogP contribution in [0.3, 0.4) is 0 Å². The normalized spacial score (nSPS) is 11.6. The Kier molecular flexibility index (Phi) is 7.42. The molecule has 0 aliphatic rings. The summed E-state index contributed by atoms with van der Waals surface area (Å²) in [7, 11) is 0. The molecule has 5 nitrogen and oxygen atoms in total. The lowest BCUT2D eigenvalue weighted by molar-refractivity contribution is 1.07. The van der Waals surface area contributed by atoms with Gasteiger partial charge < -0.3 is 9.13 Å². The summed E-state index contributed by atoms with van der Waals surface area (Å²) < 4.78 is 4.80. The van der Waals surface area contributed by atoms with Crippen LogP contribution < -0.4 is 0 Å². The molecule has 56 heavy (non-hydrogen) atoms. The summed E-state index contributed by atoms with van der Waals surface area (Å²) in [6, 6.07) is 70.3. The maximum Gasteiger partial charge on any atom is 0.164 e. The molecular formula is C51H33N5. The van der Waals surface area contributed by atoms with E-state index in [0.29, 0.717) is 17.5 Å². The minimum absolute atomic E-state index is 0.632. The molecule has 0 amide bonds. The van der Waals surface area contributed by atoms with Gasteiger partial charge in [-0.05, 0) is 59.7 Å². The summed E-state index contributed by atoms with van der Waals surface area (Å²) in [5.74, 6) is 1.92. The first kappa shape index (κ1) is 31.9. The Morgan fingerprint density at radius 1 is 0.286 bits per heavy atom. The van der Waals surface area contributed by atoms with Crippen LogP contribution in [0.2, 0.25) is 0 Å². The standard InChI is InChI=1S/C51H33N5/c1-4-17-34(18-5-1)49-52-50(35-19-6-2-7-20-35)54-51(53-49)40-26-11-10-25-39(40)36-21-16-24-38(33-36)56-44-30-15-13-28-42(44)48-46(56)32-31-45-47(48)41-27-12-14-29-43(41)55(45)37-22-8-3-9-23-37/h1-33H. The maximum absolute atomic E-state index is 5.09. The zero-order chi connectivity index (χ0) is 37.0. The van der Waals surface area contributed by atoms with E-state index in [2.05, 4.69) is 149 Å². The van der Waals surface area contributed by atoms with Gasteiger partial charge in [0.2, 0.25) is 0 Å². The molecule has 8 aromatic carbocycles. The van der Waals surface area contributed by atoms with Crippen molar-refractivity contribution in [3.8, 4) is 56.7 Å². The van der Waals surface area contributed by atoms with Gasteiger partial charge in [0.05, 0.1) is 22.1 Å². The van der Waals surface area contributed by atoms with Crippen LogP contribution in [-0.2, 0) is 0 Å². The van der Waals surface area contributed by atoms with E-state index in [1.165, 1.54) is 32.6 Å².